The Morgan fingerprint density at radius 1 is 0.886 bits per heavy atom. The Hall–Kier alpha value is -1.07. The molecule has 0 spiro atoms. The number of fused-ring (bicyclic) bond motifs is 1. The van der Waals surface area contributed by atoms with Gasteiger partial charge < -0.3 is 23.6 Å². The zero-order chi connectivity index (χ0) is 25.3. The predicted octanol–water partition coefficient (Wildman–Crippen LogP) is 7.55. The summed E-state index contributed by atoms with van der Waals surface area (Å²) in [4.78, 5) is 0. The lowest BCUT2D eigenvalue weighted by molar-refractivity contribution is -0.0155. The third kappa shape index (κ3) is 5.92. The second kappa shape index (κ2) is 11.1. The number of ether oxygens (including phenoxy) is 2. The molecule has 0 amide bonds. The van der Waals surface area contributed by atoms with Crippen molar-refractivity contribution >= 4 is 7.60 Å². The third-order valence-corrected chi connectivity index (χ3v) is 10.5. The van der Waals surface area contributed by atoms with E-state index in [9.17, 15) is 9.67 Å². The summed E-state index contributed by atoms with van der Waals surface area (Å²) < 4.78 is 39.1. The zero-order valence-electron chi connectivity index (χ0n) is 22.3. The molecule has 7 heteroatoms. The highest BCUT2D eigenvalue weighted by Gasteiger charge is 2.47. The average molecular weight is 509 g/mol. The minimum atomic E-state index is -3.99. The number of para-hydroxylation sites is 1. The molecule has 2 aliphatic carbocycles. The number of aliphatic hydroxyl groups excluding tert-OH is 1. The number of hydrogen-bond donors (Lipinski definition) is 1. The molecule has 35 heavy (non-hydrogen) atoms. The summed E-state index contributed by atoms with van der Waals surface area (Å²) in [5, 5.41) is 11.7. The van der Waals surface area contributed by atoms with Gasteiger partial charge in [-0.1, -0.05) is 66.5 Å². The molecule has 3 aliphatic rings. The van der Waals surface area contributed by atoms with Gasteiger partial charge in [-0.05, 0) is 67.3 Å². The van der Waals surface area contributed by atoms with Crippen LogP contribution in [0, 0.1) is 35.5 Å². The van der Waals surface area contributed by atoms with Crippen LogP contribution in [0.2, 0.25) is 0 Å². The van der Waals surface area contributed by atoms with Gasteiger partial charge in [0.05, 0.1) is 12.2 Å². The van der Waals surface area contributed by atoms with E-state index in [2.05, 4.69) is 41.5 Å². The highest BCUT2D eigenvalue weighted by molar-refractivity contribution is 7.54. The van der Waals surface area contributed by atoms with Gasteiger partial charge in [0, 0.05) is 5.56 Å². The molecule has 1 heterocycles. The van der Waals surface area contributed by atoms with Gasteiger partial charge in [-0.25, -0.2) is 0 Å². The summed E-state index contributed by atoms with van der Waals surface area (Å²) in [6, 6.07) is 5.32. The Morgan fingerprint density at radius 3 is 1.94 bits per heavy atom. The van der Waals surface area contributed by atoms with Crippen LogP contribution < -0.4 is 9.47 Å². The van der Waals surface area contributed by atoms with E-state index in [0.29, 0.717) is 40.7 Å². The van der Waals surface area contributed by atoms with Crippen molar-refractivity contribution in [1.29, 1.82) is 0 Å². The van der Waals surface area contributed by atoms with Gasteiger partial charge in [-0.3, -0.25) is 4.57 Å². The molecule has 0 saturated heterocycles. The lowest BCUT2D eigenvalue weighted by atomic mass is 9.75. The molecule has 2 saturated carbocycles. The standard InChI is InChI=1S/C28H45O6P/c1-17(2)21-12-10-19(5)14-25(21)33-35(30,34-26-15-20(6)11-13-22(26)18(3)4)28(29)23-8-7-9-24-27(23)32-16-31-24/h7-9,17-22,25-26,28-29H,10-16H2,1-6H3/t19-,20-,21-,22-,25-,26-,28-/m1/s1. The maximum atomic E-state index is 14.8. The number of benzene rings is 1. The Balaban J connectivity index is 1.69. The van der Waals surface area contributed by atoms with Crippen molar-refractivity contribution in [3.63, 3.8) is 0 Å². The summed E-state index contributed by atoms with van der Waals surface area (Å²) in [6.07, 6.45) is 5.57. The molecule has 1 aromatic rings. The minimum absolute atomic E-state index is 0.0796. The van der Waals surface area contributed by atoms with E-state index in [-0.39, 0.29) is 30.8 Å². The minimum Gasteiger partial charge on any atom is -0.454 e. The first kappa shape index (κ1) is 27.0. The fourth-order valence-electron chi connectivity index (χ4n) is 6.32. The molecule has 1 aromatic carbocycles. The summed E-state index contributed by atoms with van der Waals surface area (Å²) in [5.41, 5.74) is 0.415. The third-order valence-electron chi connectivity index (χ3n) is 8.49. The van der Waals surface area contributed by atoms with E-state index < -0.39 is 13.4 Å². The Kier molecular flexibility index (Phi) is 8.58. The van der Waals surface area contributed by atoms with Crippen molar-refractivity contribution < 1.29 is 28.2 Å². The molecule has 2 fully saturated rings. The molecule has 0 bridgehead atoms. The van der Waals surface area contributed by atoms with E-state index in [0.717, 1.165) is 38.5 Å². The van der Waals surface area contributed by atoms with Gasteiger partial charge in [-0.2, -0.15) is 0 Å². The average Bonchev–Trinajstić information content (AvgIpc) is 3.27. The fourth-order valence-corrected chi connectivity index (χ4v) is 8.38. The van der Waals surface area contributed by atoms with Crippen LogP contribution in [0.15, 0.2) is 18.2 Å². The summed E-state index contributed by atoms with van der Waals surface area (Å²) in [7, 11) is -3.99. The molecule has 4 rings (SSSR count). The number of hydrogen-bond acceptors (Lipinski definition) is 6. The summed E-state index contributed by atoms with van der Waals surface area (Å²) in [6.45, 7) is 13.3. The van der Waals surface area contributed by atoms with Crippen LogP contribution in [-0.2, 0) is 13.6 Å². The van der Waals surface area contributed by atoms with Crippen molar-refractivity contribution in [3.05, 3.63) is 23.8 Å². The van der Waals surface area contributed by atoms with Crippen LogP contribution in [0.5, 0.6) is 11.5 Å². The Labute approximate surface area is 211 Å². The summed E-state index contributed by atoms with van der Waals surface area (Å²) in [5.74, 6) is 1.86. The first-order valence-electron chi connectivity index (χ1n) is 13.6. The van der Waals surface area contributed by atoms with Crippen molar-refractivity contribution in [2.24, 2.45) is 35.5 Å². The van der Waals surface area contributed by atoms with Gasteiger partial charge in [0.25, 0.3) is 0 Å². The second-order valence-corrected chi connectivity index (χ2v) is 13.9. The van der Waals surface area contributed by atoms with Crippen LogP contribution in [0.3, 0.4) is 0 Å². The zero-order valence-corrected chi connectivity index (χ0v) is 23.2. The SMILES string of the molecule is CC(C)[C@H]1CC[C@@H](C)C[C@H]1OP(=O)(O[C@@H]1C[C@H](C)CC[C@@H]1C(C)C)[C@@H](O)c1cccc2c1OCO2. The van der Waals surface area contributed by atoms with Crippen LogP contribution >= 0.6 is 7.60 Å². The quantitative estimate of drug-likeness (QED) is 0.365. The van der Waals surface area contributed by atoms with E-state index >= 15 is 0 Å². The maximum absolute atomic E-state index is 14.8. The van der Waals surface area contributed by atoms with Gasteiger partial charge >= 0.3 is 7.60 Å². The van der Waals surface area contributed by atoms with Crippen LogP contribution in [0.4, 0.5) is 0 Å². The van der Waals surface area contributed by atoms with E-state index in [4.69, 9.17) is 18.5 Å². The van der Waals surface area contributed by atoms with Crippen molar-refractivity contribution in [2.75, 3.05) is 6.79 Å². The largest absolute Gasteiger partial charge is 0.454 e. The predicted molar refractivity (Wildman–Crippen MR) is 138 cm³/mol. The van der Waals surface area contributed by atoms with E-state index in [1.54, 1.807) is 18.2 Å². The van der Waals surface area contributed by atoms with Crippen molar-refractivity contribution in [1.82, 2.24) is 0 Å². The van der Waals surface area contributed by atoms with Gasteiger partial charge in [-0.15, -0.1) is 0 Å². The number of rotatable bonds is 8. The molecule has 7 atom stereocenters. The lowest BCUT2D eigenvalue weighted by Gasteiger charge is -2.42. The highest BCUT2D eigenvalue weighted by Crippen LogP contribution is 2.65. The Morgan fingerprint density at radius 2 is 1.43 bits per heavy atom. The first-order chi connectivity index (χ1) is 16.6. The Bertz CT molecular complexity index is 863. The molecular weight excluding hydrogens is 463 g/mol. The smallest absolute Gasteiger partial charge is 0.364 e. The van der Waals surface area contributed by atoms with Crippen molar-refractivity contribution in [3.8, 4) is 11.5 Å². The normalized spacial score (nSPS) is 32.3. The molecule has 6 nitrogen and oxygen atoms in total. The van der Waals surface area contributed by atoms with Crippen LogP contribution in [0.1, 0.15) is 91.5 Å². The van der Waals surface area contributed by atoms with Gasteiger partial charge in [0.2, 0.25) is 6.79 Å². The second-order valence-electron chi connectivity index (χ2n) is 11.9. The molecule has 1 aliphatic heterocycles. The van der Waals surface area contributed by atoms with E-state index in [1.807, 2.05) is 0 Å². The van der Waals surface area contributed by atoms with Gasteiger partial charge in [0.1, 0.15) is 0 Å². The molecule has 0 unspecified atom stereocenters. The number of aliphatic hydroxyl groups is 1. The van der Waals surface area contributed by atoms with Crippen LogP contribution in [-0.4, -0.2) is 24.1 Å². The monoisotopic (exact) mass is 508 g/mol. The van der Waals surface area contributed by atoms with Crippen molar-refractivity contribution in [2.45, 2.75) is 98.1 Å². The topological polar surface area (TPSA) is 74.2 Å². The van der Waals surface area contributed by atoms with E-state index in [1.165, 1.54) is 0 Å². The summed E-state index contributed by atoms with van der Waals surface area (Å²) >= 11 is 0. The molecule has 198 valence electrons. The van der Waals surface area contributed by atoms with Gasteiger partial charge in [0.15, 0.2) is 17.3 Å². The molecule has 0 aromatic heterocycles. The van der Waals surface area contributed by atoms with Crippen LogP contribution in [0.25, 0.3) is 0 Å². The fraction of sp³-hybridized carbons (Fsp3) is 0.786. The maximum Gasteiger partial charge on any atom is 0.364 e. The molecule has 0 radical (unpaired) electrons. The first-order valence-corrected chi connectivity index (χ1v) is 15.2. The molecule has 1 N–H and O–H groups in total. The molecular formula is C28H45O6P. The lowest BCUT2D eigenvalue weighted by Crippen LogP contribution is -2.37. The highest BCUT2D eigenvalue weighted by atomic mass is 31.2.